The highest BCUT2D eigenvalue weighted by atomic mass is 16.5. The molecule has 0 aromatic rings. The Morgan fingerprint density at radius 2 is 1.92 bits per heavy atom. The zero-order chi connectivity index (χ0) is 10.2. The minimum atomic E-state index is -0.227. The summed E-state index contributed by atoms with van der Waals surface area (Å²) in [6.07, 6.45) is 6.82. The first-order chi connectivity index (χ1) is 6.18. The van der Waals surface area contributed by atoms with Crippen LogP contribution in [0.2, 0.25) is 0 Å². The van der Waals surface area contributed by atoms with Gasteiger partial charge >= 0.3 is 0 Å². The van der Waals surface area contributed by atoms with E-state index in [2.05, 4.69) is 13.8 Å². The molecule has 0 bridgehead atoms. The molecule has 1 unspecified atom stereocenters. The molecule has 0 aliphatic carbocycles. The van der Waals surface area contributed by atoms with Crippen molar-refractivity contribution in [1.29, 1.82) is 0 Å². The minimum absolute atomic E-state index is 0.227. The molecule has 0 fully saturated rings. The Hall–Kier alpha value is -0.530. The molecule has 0 aromatic carbocycles. The highest BCUT2D eigenvalue weighted by molar-refractivity contribution is 5.38. The predicted octanol–water partition coefficient (Wildman–Crippen LogP) is 3.30. The molecule has 0 radical (unpaired) electrons. The van der Waals surface area contributed by atoms with E-state index < -0.39 is 0 Å². The number of carbonyl (C=O) groups is 1. The standard InChI is InChI=1S/C11H22O2/c1-4-6-7-8-9-11(3,5-2)13-10-12/h10H,4-9H2,1-3H3. The SMILES string of the molecule is CCCCCCC(C)(CC)OC=O. The van der Waals surface area contributed by atoms with Crippen LogP contribution in [0.4, 0.5) is 0 Å². The van der Waals surface area contributed by atoms with Crippen LogP contribution in [0.15, 0.2) is 0 Å². The molecule has 1 atom stereocenters. The van der Waals surface area contributed by atoms with E-state index in [0.717, 1.165) is 19.3 Å². The topological polar surface area (TPSA) is 26.3 Å². The lowest BCUT2D eigenvalue weighted by Crippen LogP contribution is -2.27. The maximum absolute atomic E-state index is 10.2. The Bertz CT molecular complexity index is 134. The number of carbonyl (C=O) groups excluding carboxylic acids is 1. The lowest BCUT2D eigenvalue weighted by atomic mass is 9.95. The molecule has 78 valence electrons. The zero-order valence-electron chi connectivity index (χ0n) is 9.14. The zero-order valence-corrected chi connectivity index (χ0v) is 9.14. The van der Waals surface area contributed by atoms with Crippen molar-refractivity contribution in [1.82, 2.24) is 0 Å². The van der Waals surface area contributed by atoms with E-state index in [1.807, 2.05) is 6.92 Å². The van der Waals surface area contributed by atoms with Crippen molar-refractivity contribution in [3.8, 4) is 0 Å². The number of hydrogen-bond acceptors (Lipinski definition) is 2. The second-order valence-corrected chi connectivity index (χ2v) is 3.83. The van der Waals surface area contributed by atoms with Gasteiger partial charge in [-0.25, -0.2) is 0 Å². The van der Waals surface area contributed by atoms with Gasteiger partial charge in [-0.3, -0.25) is 4.79 Å². The minimum Gasteiger partial charge on any atom is -0.462 e. The van der Waals surface area contributed by atoms with Crippen molar-refractivity contribution in [3.05, 3.63) is 0 Å². The van der Waals surface area contributed by atoms with Crippen LogP contribution in [0.1, 0.15) is 59.3 Å². The Morgan fingerprint density at radius 1 is 1.23 bits per heavy atom. The maximum Gasteiger partial charge on any atom is 0.293 e. The summed E-state index contributed by atoms with van der Waals surface area (Å²) in [5.41, 5.74) is -0.227. The van der Waals surface area contributed by atoms with Crippen molar-refractivity contribution >= 4 is 6.47 Å². The second-order valence-electron chi connectivity index (χ2n) is 3.83. The molecular weight excluding hydrogens is 164 g/mol. The normalized spacial score (nSPS) is 15.0. The number of rotatable bonds is 8. The highest BCUT2D eigenvalue weighted by Gasteiger charge is 2.22. The lowest BCUT2D eigenvalue weighted by Gasteiger charge is -2.26. The first-order valence-corrected chi connectivity index (χ1v) is 5.30. The van der Waals surface area contributed by atoms with E-state index in [-0.39, 0.29) is 5.60 Å². The molecular formula is C11H22O2. The van der Waals surface area contributed by atoms with Crippen molar-refractivity contribution < 1.29 is 9.53 Å². The van der Waals surface area contributed by atoms with Gasteiger partial charge in [0.2, 0.25) is 0 Å². The molecule has 13 heavy (non-hydrogen) atoms. The Balaban J connectivity index is 3.63. The van der Waals surface area contributed by atoms with E-state index in [1.54, 1.807) is 0 Å². The predicted molar refractivity (Wildman–Crippen MR) is 54.6 cm³/mol. The van der Waals surface area contributed by atoms with Crippen molar-refractivity contribution in [2.75, 3.05) is 0 Å². The molecule has 0 heterocycles. The third-order valence-corrected chi connectivity index (χ3v) is 2.64. The molecule has 0 saturated heterocycles. The average Bonchev–Trinajstić information content (AvgIpc) is 2.13. The first-order valence-electron chi connectivity index (χ1n) is 5.30. The van der Waals surface area contributed by atoms with Gasteiger partial charge in [0.05, 0.1) is 0 Å². The van der Waals surface area contributed by atoms with Crippen LogP contribution in [0.25, 0.3) is 0 Å². The summed E-state index contributed by atoms with van der Waals surface area (Å²) in [5.74, 6) is 0. The Morgan fingerprint density at radius 3 is 2.38 bits per heavy atom. The van der Waals surface area contributed by atoms with E-state index in [0.29, 0.717) is 6.47 Å². The van der Waals surface area contributed by atoms with Gasteiger partial charge in [0.1, 0.15) is 5.60 Å². The van der Waals surface area contributed by atoms with Crippen LogP contribution >= 0.6 is 0 Å². The van der Waals surface area contributed by atoms with E-state index in [9.17, 15) is 4.79 Å². The summed E-state index contributed by atoms with van der Waals surface area (Å²) in [5, 5.41) is 0. The monoisotopic (exact) mass is 186 g/mol. The molecule has 2 heteroatoms. The second kappa shape index (κ2) is 6.93. The van der Waals surface area contributed by atoms with Gasteiger partial charge in [-0.1, -0.05) is 33.1 Å². The molecule has 0 N–H and O–H groups in total. The molecule has 0 amide bonds. The fourth-order valence-corrected chi connectivity index (χ4v) is 1.36. The van der Waals surface area contributed by atoms with E-state index >= 15 is 0 Å². The van der Waals surface area contributed by atoms with Crippen molar-refractivity contribution in [2.45, 2.75) is 64.9 Å². The van der Waals surface area contributed by atoms with Gasteiger partial charge in [-0.2, -0.15) is 0 Å². The van der Waals surface area contributed by atoms with Crippen molar-refractivity contribution in [2.24, 2.45) is 0 Å². The quantitative estimate of drug-likeness (QED) is 0.429. The number of unbranched alkanes of at least 4 members (excludes halogenated alkanes) is 3. The molecule has 0 aliphatic heterocycles. The van der Waals surface area contributed by atoms with Gasteiger partial charge in [0, 0.05) is 0 Å². The van der Waals surface area contributed by atoms with Crippen LogP contribution in [0.3, 0.4) is 0 Å². The molecule has 0 saturated carbocycles. The van der Waals surface area contributed by atoms with Crippen LogP contribution in [-0.4, -0.2) is 12.1 Å². The molecule has 2 nitrogen and oxygen atoms in total. The van der Waals surface area contributed by atoms with Crippen LogP contribution in [0.5, 0.6) is 0 Å². The summed E-state index contributed by atoms with van der Waals surface area (Å²) < 4.78 is 5.08. The number of ether oxygens (including phenoxy) is 1. The van der Waals surface area contributed by atoms with Gasteiger partial charge in [-0.15, -0.1) is 0 Å². The smallest absolute Gasteiger partial charge is 0.293 e. The van der Waals surface area contributed by atoms with E-state index in [4.69, 9.17) is 4.74 Å². The molecule has 0 rings (SSSR count). The highest BCUT2D eigenvalue weighted by Crippen LogP contribution is 2.22. The summed E-state index contributed by atoms with van der Waals surface area (Å²) >= 11 is 0. The van der Waals surface area contributed by atoms with Gasteiger partial charge in [0.15, 0.2) is 0 Å². The van der Waals surface area contributed by atoms with Gasteiger partial charge in [0.25, 0.3) is 6.47 Å². The van der Waals surface area contributed by atoms with Gasteiger partial charge < -0.3 is 4.74 Å². The molecule has 0 aliphatic rings. The third kappa shape index (κ3) is 5.67. The van der Waals surface area contributed by atoms with Crippen LogP contribution < -0.4 is 0 Å². The Labute approximate surface area is 81.7 Å². The fraction of sp³-hybridized carbons (Fsp3) is 0.909. The number of hydrogen-bond donors (Lipinski definition) is 0. The average molecular weight is 186 g/mol. The van der Waals surface area contributed by atoms with Crippen molar-refractivity contribution in [3.63, 3.8) is 0 Å². The van der Waals surface area contributed by atoms with Crippen LogP contribution in [-0.2, 0) is 9.53 Å². The van der Waals surface area contributed by atoms with Crippen LogP contribution in [0, 0.1) is 0 Å². The third-order valence-electron chi connectivity index (χ3n) is 2.64. The summed E-state index contributed by atoms with van der Waals surface area (Å²) in [4.78, 5) is 10.2. The molecule has 0 spiro atoms. The van der Waals surface area contributed by atoms with Gasteiger partial charge in [-0.05, 0) is 26.2 Å². The van der Waals surface area contributed by atoms with E-state index in [1.165, 1.54) is 19.3 Å². The summed E-state index contributed by atoms with van der Waals surface area (Å²) in [6.45, 7) is 6.83. The molecule has 0 aromatic heterocycles. The Kier molecular flexibility index (Phi) is 6.65. The largest absolute Gasteiger partial charge is 0.462 e. The fourth-order valence-electron chi connectivity index (χ4n) is 1.36. The first kappa shape index (κ1) is 12.5. The summed E-state index contributed by atoms with van der Waals surface area (Å²) in [6, 6.07) is 0. The summed E-state index contributed by atoms with van der Waals surface area (Å²) in [7, 11) is 0. The lowest BCUT2D eigenvalue weighted by molar-refractivity contribution is -0.143. The maximum atomic E-state index is 10.2.